The summed E-state index contributed by atoms with van der Waals surface area (Å²) in [7, 11) is -3.77. The zero-order valence-corrected chi connectivity index (χ0v) is 12.8. The molecule has 0 aromatic heterocycles. The quantitative estimate of drug-likeness (QED) is 0.719. The highest BCUT2D eigenvalue weighted by Gasteiger charge is 2.34. The first-order valence-corrected chi connectivity index (χ1v) is 8.44. The zero-order chi connectivity index (χ0) is 15.7. The summed E-state index contributed by atoms with van der Waals surface area (Å²) < 4.78 is 40.6. The monoisotopic (exact) mass is 316 g/mol. The molecule has 0 bridgehead atoms. The molecule has 1 saturated carbocycles. The standard InChI is InChI=1S/C14H21FN2O3S/c1-10-6-11(15)12(16)7-13(10)21(19,20)17-8-14(9-18)4-2-3-5-14/h6-7,17-18H,2-5,8-9,16H2,1H3. The summed E-state index contributed by atoms with van der Waals surface area (Å²) in [5.74, 6) is -0.630. The fourth-order valence-corrected chi connectivity index (χ4v) is 4.22. The van der Waals surface area contributed by atoms with Gasteiger partial charge in [0.15, 0.2) is 0 Å². The molecule has 7 heteroatoms. The van der Waals surface area contributed by atoms with Crippen molar-refractivity contribution in [3.63, 3.8) is 0 Å². The van der Waals surface area contributed by atoms with Gasteiger partial charge in [0.05, 0.1) is 10.6 Å². The maximum atomic E-state index is 13.3. The predicted octanol–water partition coefficient (Wildman–Crippen LogP) is 1.55. The minimum Gasteiger partial charge on any atom is -0.396 e. The van der Waals surface area contributed by atoms with Gasteiger partial charge in [0, 0.05) is 18.6 Å². The molecule has 21 heavy (non-hydrogen) atoms. The van der Waals surface area contributed by atoms with Crippen LogP contribution in [0.1, 0.15) is 31.2 Å². The van der Waals surface area contributed by atoms with Crippen molar-refractivity contribution in [2.75, 3.05) is 18.9 Å². The van der Waals surface area contributed by atoms with Crippen molar-refractivity contribution in [2.24, 2.45) is 5.41 Å². The lowest BCUT2D eigenvalue weighted by Crippen LogP contribution is -2.38. The van der Waals surface area contributed by atoms with Crippen LogP contribution in [0.15, 0.2) is 17.0 Å². The van der Waals surface area contributed by atoms with Crippen molar-refractivity contribution < 1.29 is 17.9 Å². The van der Waals surface area contributed by atoms with Crippen molar-refractivity contribution >= 4 is 15.7 Å². The molecule has 1 aliphatic carbocycles. The Morgan fingerprint density at radius 2 is 2.00 bits per heavy atom. The van der Waals surface area contributed by atoms with Gasteiger partial charge in [0.2, 0.25) is 10.0 Å². The summed E-state index contributed by atoms with van der Waals surface area (Å²) in [6.07, 6.45) is 3.59. The van der Waals surface area contributed by atoms with Crippen LogP contribution in [0.4, 0.5) is 10.1 Å². The molecule has 0 amide bonds. The average Bonchev–Trinajstić information content (AvgIpc) is 2.90. The van der Waals surface area contributed by atoms with Crippen LogP contribution < -0.4 is 10.5 Å². The Kier molecular flexibility index (Phi) is 4.55. The zero-order valence-electron chi connectivity index (χ0n) is 12.0. The SMILES string of the molecule is Cc1cc(F)c(N)cc1S(=O)(=O)NCC1(CO)CCCC1. The number of aryl methyl sites for hydroxylation is 1. The van der Waals surface area contributed by atoms with E-state index in [1.807, 2.05) is 0 Å². The molecule has 1 aromatic carbocycles. The number of sulfonamides is 1. The highest BCUT2D eigenvalue weighted by Crippen LogP contribution is 2.37. The minimum atomic E-state index is -3.77. The van der Waals surface area contributed by atoms with Gasteiger partial charge in [-0.1, -0.05) is 12.8 Å². The van der Waals surface area contributed by atoms with Crippen LogP contribution in [0, 0.1) is 18.2 Å². The molecule has 0 spiro atoms. The smallest absolute Gasteiger partial charge is 0.240 e. The van der Waals surface area contributed by atoms with Crippen LogP contribution in [0.3, 0.4) is 0 Å². The van der Waals surface area contributed by atoms with E-state index in [9.17, 15) is 17.9 Å². The van der Waals surface area contributed by atoms with Crippen LogP contribution in [-0.4, -0.2) is 26.7 Å². The number of halogens is 1. The van der Waals surface area contributed by atoms with Crippen molar-refractivity contribution in [2.45, 2.75) is 37.5 Å². The van der Waals surface area contributed by atoms with Gasteiger partial charge in [-0.3, -0.25) is 0 Å². The number of nitrogens with two attached hydrogens (primary N) is 1. The van der Waals surface area contributed by atoms with Crippen LogP contribution in [-0.2, 0) is 10.0 Å². The second-order valence-electron chi connectivity index (χ2n) is 5.83. The third-order valence-corrected chi connectivity index (χ3v) is 5.76. The van der Waals surface area contributed by atoms with Gasteiger partial charge in [-0.25, -0.2) is 17.5 Å². The van der Waals surface area contributed by atoms with Crippen molar-refractivity contribution in [1.82, 2.24) is 4.72 Å². The molecule has 5 nitrogen and oxygen atoms in total. The van der Waals surface area contributed by atoms with Gasteiger partial charge in [-0.2, -0.15) is 0 Å². The van der Waals surface area contributed by atoms with Gasteiger partial charge in [0.25, 0.3) is 0 Å². The average molecular weight is 316 g/mol. The fourth-order valence-electron chi connectivity index (χ4n) is 2.80. The first-order chi connectivity index (χ1) is 9.80. The molecule has 0 atom stereocenters. The first kappa shape index (κ1) is 16.2. The molecule has 1 aliphatic rings. The Labute approximate surface area is 124 Å². The second kappa shape index (κ2) is 5.90. The second-order valence-corrected chi connectivity index (χ2v) is 7.56. The van der Waals surface area contributed by atoms with E-state index in [1.54, 1.807) is 0 Å². The number of rotatable bonds is 5. The number of anilines is 1. The molecule has 1 aromatic rings. The molecule has 0 radical (unpaired) electrons. The molecule has 0 heterocycles. The number of aliphatic hydroxyl groups excluding tert-OH is 1. The van der Waals surface area contributed by atoms with Crippen LogP contribution in [0.2, 0.25) is 0 Å². The number of nitrogens with one attached hydrogen (secondary N) is 1. The highest BCUT2D eigenvalue weighted by atomic mass is 32.2. The fraction of sp³-hybridized carbons (Fsp3) is 0.571. The van der Waals surface area contributed by atoms with Crippen molar-refractivity contribution in [3.05, 3.63) is 23.5 Å². The molecular weight excluding hydrogens is 295 g/mol. The molecule has 0 aliphatic heterocycles. The third-order valence-electron chi connectivity index (χ3n) is 4.22. The van der Waals surface area contributed by atoms with Gasteiger partial charge in [-0.05, 0) is 37.5 Å². The third kappa shape index (κ3) is 3.36. The summed E-state index contributed by atoms with van der Waals surface area (Å²) in [4.78, 5) is -0.0208. The maximum Gasteiger partial charge on any atom is 0.240 e. The Morgan fingerprint density at radius 3 is 2.57 bits per heavy atom. The summed E-state index contributed by atoms with van der Waals surface area (Å²) in [6, 6.07) is 2.24. The summed E-state index contributed by atoms with van der Waals surface area (Å²) in [5.41, 5.74) is 5.18. The maximum absolute atomic E-state index is 13.3. The Balaban J connectivity index is 2.21. The van der Waals surface area contributed by atoms with Crippen LogP contribution in [0.25, 0.3) is 0 Å². The largest absolute Gasteiger partial charge is 0.396 e. The van der Waals surface area contributed by atoms with E-state index in [0.29, 0.717) is 5.56 Å². The Bertz CT molecular complexity index is 625. The van der Waals surface area contributed by atoms with E-state index in [0.717, 1.165) is 37.8 Å². The lowest BCUT2D eigenvalue weighted by atomic mass is 9.88. The molecular formula is C14H21FN2O3S. The Morgan fingerprint density at radius 1 is 1.38 bits per heavy atom. The van der Waals surface area contributed by atoms with Gasteiger partial charge in [0.1, 0.15) is 5.82 Å². The lowest BCUT2D eigenvalue weighted by Gasteiger charge is -2.26. The van der Waals surface area contributed by atoms with E-state index in [-0.39, 0.29) is 29.1 Å². The predicted molar refractivity (Wildman–Crippen MR) is 78.7 cm³/mol. The summed E-state index contributed by atoms with van der Waals surface area (Å²) in [5, 5.41) is 9.51. The lowest BCUT2D eigenvalue weighted by molar-refractivity contribution is 0.134. The van der Waals surface area contributed by atoms with Gasteiger partial charge < -0.3 is 10.8 Å². The van der Waals surface area contributed by atoms with E-state index in [2.05, 4.69) is 4.72 Å². The molecule has 2 rings (SSSR count). The van der Waals surface area contributed by atoms with E-state index >= 15 is 0 Å². The van der Waals surface area contributed by atoms with E-state index < -0.39 is 15.8 Å². The van der Waals surface area contributed by atoms with Gasteiger partial charge in [-0.15, -0.1) is 0 Å². The van der Waals surface area contributed by atoms with Crippen LogP contribution >= 0.6 is 0 Å². The van der Waals surface area contributed by atoms with E-state index in [4.69, 9.17) is 5.73 Å². The Hall–Kier alpha value is -1.18. The number of aliphatic hydroxyl groups is 1. The first-order valence-electron chi connectivity index (χ1n) is 6.96. The van der Waals surface area contributed by atoms with Crippen LogP contribution in [0.5, 0.6) is 0 Å². The van der Waals surface area contributed by atoms with Gasteiger partial charge >= 0.3 is 0 Å². The number of benzene rings is 1. The number of hydrogen-bond acceptors (Lipinski definition) is 4. The topological polar surface area (TPSA) is 92.4 Å². The number of nitrogen functional groups attached to an aromatic ring is 1. The minimum absolute atomic E-state index is 0.0208. The molecule has 118 valence electrons. The normalized spacial score (nSPS) is 18.0. The molecule has 0 unspecified atom stereocenters. The highest BCUT2D eigenvalue weighted by molar-refractivity contribution is 7.89. The van der Waals surface area contributed by atoms with Crippen molar-refractivity contribution in [1.29, 1.82) is 0 Å². The summed E-state index contributed by atoms with van der Waals surface area (Å²) in [6.45, 7) is 1.66. The molecule has 0 saturated heterocycles. The van der Waals surface area contributed by atoms with Crippen molar-refractivity contribution in [3.8, 4) is 0 Å². The van der Waals surface area contributed by atoms with E-state index in [1.165, 1.54) is 6.92 Å². The number of hydrogen-bond donors (Lipinski definition) is 3. The molecule has 1 fully saturated rings. The summed E-state index contributed by atoms with van der Waals surface area (Å²) >= 11 is 0. The molecule has 4 N–H and O–H groups in total.